The normalized spacial score (nSPS) is 10.2. The molecular weight excluding hydrogens is 331 g/mol. The van der Waals surface area contributed by atoms with Crippen molar-refractivity contribution < 1.29 is 9.59 Å². The first-order valence-electron chi connectivity index (χ1n) is 6.58. The van der Waals surface area contributed by atoms with Crippen molar-refractivity contribution in [3.8, 4) is 0 Å². The first kappa shape index (κ1) is 18.1. The molecule has 1 aromatic rings. The van der Waals surface area contributed by atoms with E-state index in [2.05, 4.69) is 10.6 Å². The maximum Gasteiger partial charge on any atom is 0.239 e. The Kier molecular flexibility index (Phi) is 8.57. The third-order valence-corrected chi connectivity index (χ3v) is 4.09. The summed E-state index contributed by atoms with van der Waals surface area (Å²) in [6, 6.07) is 5.28. The van der Waals surface area contributed by atoms with Crippen LogP contribution in [0.5, 0.6) is 0 Å². The minimum atomic E-state index is -0.170. The zero-order valence-corrected chi connectivity index (χ0v) is 14.1. The molecule has 2 N–H and O–H groups in total. The van der Waals surface area contributed by atoms with Gasteiger partial charge in [0.05, 0.1) is 12.3 Å². The molecular formula is C14H18Cl2N2O2S. The van der Waals surface area contributed by atoms with E-state index in [0.717, 1.165) is 12.0 Å². The van der Waals surface area contributed by atoms with Crippen LogP contribution in [0.4, 0.5) is 0 Å². The number of rotatable bonds is 8. The van der Waals surface area contributed by atoms with Crippen LogP contribution in [0, 0.1) is 0 Å². The van der Waals surface area contributed by atoms with E-state index in [1.54, 1.807) is 12.1 Å². The van der Waals surface area contributed by atoms with Crippen molar-refractivity contribution in [2.45, 2.75) is 19.1 Å². The van der Waals surface area contributed by atoms with Crippen molar-refractivity contribution in [3.05, 3.63) is 33.8 Å². The predicted molar refractivity (Wildman–Crippen MR) is 88.9 cm³/mol. The monoisotopic (exact) mass is 348 g/mol. The van der Waals surface area contributed by atoms with Gasteiger partial charge >= 0.3 is 0 Å². The van der Waals surface area contributed by atoms with Crippen LogP contribution in [0.1, 0.15) is 18.9 Å². The Morgan fingerprint density at radius 1 is 1.19 bits per heavy atom. The van der Waals surface area contributed by atoms with Crippen LogP contribution in [0.3, 0.4) is 0 Å². The predicted octanol–water partition coefficient (Wildman–Crippen LogP) is 2.87. The van der Waals surface area contributed by atoms with E-state index >= 15 is 0 Å². The highest BCUT2D eigenvalue weighted by atomic mass is 35.5. The van der Waals surface area contributed by atoms with Gasteiger partial charge in [-0.25, -0.2) is 0 Å². The second kappa shape index (κ2) is 9.92. The molecule has 0 bridgehead atoms. The SMILES string of the molecule is CCCNC(=O)CNC(=O)CSCc1ccc(Cl)cc1Cl. The Balaban J connectivity index is 2.23. The minimum absolute atomic E-state index is 0.0150. The van der Waals surface area contributed by atoms with Crippen LogP contribution in [0.15, 0.2) is 18.2 Å². The summed E-state index contributed by atoms with van der Waals surface area (Å²) in [6.45, 7) is 2.61. The van der Waals surface area contributed by atoms with E-state index < -0.39 is 0 Å². The number of nitrogens with one attached hydrogen (secondary N) is 2. The van der Waals surface area contributed by atoms with Crippen molar-refractivity contribution in [1.29, 1.82) is 0 Å². The number of halogens is 2. The molecule has 0 unspecified atom stereocenters. The summed E-state index contributed by atoms with van der Waals surface area (Å²) in [4.78, 5) is 22.9. The lowest BCUT2D eigenvalue weighted by atomic mass is 10.2. The average Bonchev–Trinajstić information content (AvgIpc) is 2.45. The lowest BCUT2D eigenvalue weighted by Gasteiger charge is -2.07. The summed E-state index contributed by atoms with van der Waals surface area (Å²) in [5.74, 6) is 0.554. The molecule has 0 atom stereocenters. The number of benzene rings is 1. The van der Waals surface area contributed by atoms with Gasteiger partial charge in [-0.3, -0.25) is 9.59 Å². The Morgan fingerprint density at radius 2 is 1.95 bits per heavy atom. The third kappa shape index (κ3) is 7.60. The Hall–Kier alpha value is -0.910. The molecule has 7 heteroatoms. The van der Waals surface area contributed by atoms with Gasteiger partial charge in [0.2, 0.25) is 11.8 Å². The molecule has 0 aromatic heterocycles. The largest absolute Gasteiger partial charge is 0.355 e. The average molecular weight is 349 g/mol. The van der Waals surface area contributed by atoms with Crippen molar-refractivity contribution >= 4 is 46.8 Å². The highest BCUT2D eigenvalue weighted by molar-refractivity contribution is 7.99. The molecule has 0 fully saturated rings. The molecule has 0 aliphatic rings. The van der Waals surface area contributed by atoms with Gasteiger partial charge in [-0.05, 0) is 24.1 Å². The summed E-state index contributed by atoms with van der Waals surface area (Å²) in [7, 11) is 0. The fourth-order valence-electron chi connectivity index (χ4n) is 1.45. The summed E-state index contributed by atoms with van der Waals surface area (Å²) < 4.78 is 0. The molecule has 1 aromatic carbocycles. The molecule has 21 heavy (non-hydrogen) atoms. The van der Waals surface area contributed by atoms with Crippen LogP contribution in [0.25, 0.3) is 0 Å². The quantitative estimate of drug-likeness (QED) is 0.759. The number of thioether (sulfide) groups is 1. The second-order valence-electron chi connectivity index (χ2n) is 4.36. The topological polar surface area (TPSA) is 58.2 Å². The van der Waals surface area contributed by atoms with Gasteiger partial charge in [0.15, 0.2) is 0 Å². The number of hydrogen-bond donors (Lipinski definition) is 2. The van der Waals surface area contributed by atoms with Gasteiger partial charge in [0.25, 0.3) is 0 Å². The van der Waals surface area contributed by atoms with E-state index in [1.807, 2.05) is 13.0 Å². The van der Waals surface area contributed by atoms with Crippen LogP contribution >= 0.6 is 35.0 Å². The molecule has 1 rings (SSSR count). The summed E-state index contributed by atoms with van der Waals surface area (Å²) in [5, 5.41) is 6.45. The van der Waals surface area contributed by atoms with Crippen molar-refractivity contribution in [2.24, 2.45) is 0 Å². The molecule has 116 valence electrons. The lowest BCUT2D eigenvalue weighted by Crippen LogP contribution is -2.37. The molecule has 0 aliphatic carbocycles. The number of carbonyl (C=O) groups excluding carboxylic acids is 2. The van der Waals surface area contributed by atoms with Gasteiger partial charge < -0.3 is 10.6 Å². The third-order valence-electron chi connectivity index (χ3n) is 2.52. The van der Waals surface area contributed by atoms with E-state index in [1.165, 1.54) is 11.8 Å². The highest BCUT2D eigenvalue weighted by Gasteiger charge is 2.06. The van der Waals surface area contributed by atoms with E-state index in [9.17, 15) is 9.59 Å². The number of carbonyl (C=O) groups is 2. The lowest BCUT2D eigenvalue weighted by molar-refractivity contribution is -0.124. The van der Waals surface area contributed by atoms with E-state index in [4.69, 9.17) is 23.2 Å². The molecule has 0 heterocycles. The van der Waals surface area contributed by atoms with Gasteiger partial charge in [-0.15, -0.1) is 11.8 Å². The second-order valence-corrected chi connectivity index (χ2v) is 6.18. The first-order chi connectivity index (χ1) is 10.0. The van der Waals surface area contributed by atoms with Gasteiger partial charge in [-0.2, -0.15) is 0 Å². The molecule has 0 aliphatic heterocycles. The number of hydrogen-bond acceptors (Lipinski definition) is 3. The molecule has 0 spiro atoms. The number of amides is 2. The zero-order valence-electron chi connectivity index (χ0n) is 11.7. The Bertz CT molecular complexity index is 498. The van der Waals surface area contributed by atoms with Crippen molar-refractivity contribution in [2.75, 3.05) is 18.8 Å². The van der Waals surface area contributed by atoms with Crippen molar-refractivity contribution in [3.63, 3.8) is 0 Å². The Morgan fingerprint density at radius 3 is 2.62 bits per heavy atom. The van der Waals surface area contributed by atoms with Crippen LogP contribution in [0.2, 0.25) is 10.0 Å². The molecule has 0 radical (unpaired) electrons. The maximum absolute atomic E-state index is 11.6. The molecule has 4 nitrogen and oxygen atoms in total. The standard InChI is InChI=1S/C14H18Cl2N2O2S/c1-2-5-17-13(19)7-18-14(20)9-21-8-10-3-4-11(15)6-12(10)16/h3-4,6H,2,5,7-9H2,1H3,(H,17,19)(H,18,20). The van der Waals surface area contributed by atoms with Crippen molar-refractivity contribution in [1.82, 2.24) is 10.6 Å². The minimum Gasteiger partial charge on any atom is -0.355 e. The fourth-order valence-corrected chi connectivity index (χ4v) is 2.86. The van der Waals surface area contributed by atoms with E-state index in [-0.39, 0.29) is 24.1 Å². The van der Waals surface area contributed by atoms with Crippen LogP contribution in [-0.4, -0.2) is 30.7 Å². The smallest absolute Gasteiger partial charge is 0.239 e. The first-order valence-corrected chi connectivity index (χ1v) is 8.49. The molecule has 2 amide bonds. The van der Waals surface area contributed by atoms with Gasteiger partial charge in [0, 0.05) is 22.3 Å². The summed E-state index contributed by atoms with van der Waals surface area (Å²) in [5.41, 5.74) is 0.930. The fraction of sp³-hybridized carbons (Fsp3) is 0.429. The van der Waals surface area contributed by atoms with E-state index in [0.29, 0.717) is 22.3 Å². The summed E-state index contributed by atoms with van der Waals surface area (Å²) in [6.07, 6.45) is 0.872. The van der Waals surface area contributed by atoms with Crippen LogP contribution < -0.4 is 10.6 Å². The highest BCUT2D eigenvalue weighted by Crippen LogP contribution is 2.24. The van der Waals surface area contributed by atoms with Gasteiger partial charge in [-0.1, -0.05) is 36.2 Å². The van der Waals surface area contributed by atoms with Crippen LogP contribution in [-0.2, 0) is 15.3 Å². The summed E-state index contributed by atoms with van der Waals surface area (Å²) >= 11 is 13.3. The Labute approximate surface area is 139 Å². The zero-order chi connectivity index (χ0) is 15.7. The maximum atomic E-state index is 11.6. The molecule has 0 saturated carbocycles. The molecule has 0 saturated heterocycles. The van der Waals surface area contributed by atoms with Gasteiger partial charge in [0.1, 0.15) is 0 Å².